The van der Waals surface area contributed by atoms with E-state index in [1.807, 2.05) is 24.3 Å². The van der Waals surface area contributed by atoms with Gasteiger partial charge in [-0.25, -0.2) is 4.99 Å². The molecule has 2 aromatic rings. The van der Waals surface area contributed by atoms with Crippen molar-refractivity contribution in [2.45, 2.75) is 19.4 Å². The Bertz CT molecular complexity index is 553. The second kappa shape index (κ2) is 8.68. The Hall–Kier alpha value is -1.54. The molecule has 0 bridgehead atoms. The average Bonchev–Trinajstić information content (AvgIpc) is 3.00. The van der Waals surface area contributed by atoms with Crippen molar-refractivity contribution in [3.05, 3.63) is 54.0 Å². The van der Waals surface area contributed by atoms with Gasteiger partial charge in [-0.2, -0.15) is 0 Å². The molecule has 0 fully saturated rings. The van der Waals surface area contributed by atoms with E-state index < -0.39 is 6.10 Å². The topological polar surface area (TPSA) is 83.8 Å². The molecule has 114 valence electrons. The summed E-state index contributed by atoms with van der Waals surface area (Å²) in [7, 11) is 0. The van der Waals surface area contributed by atoms with Crippen LogP contribution in [0, 0.1) is 0 Å². The smallest absolute Gasteiger partial charge is 0.193 e. The zero-order chi connectivity index (χ0) is 14.4. The van der Waals surface area contributed by atoms with Gasteiger partial charge in [0, 0.05) is 5.69 Å². The van der Waals surface area contributed by atoms with Gasteiger partial charge in [0.1, 0.15) is 11.9 Å². The van der Waals surface area contributed by atoms with Crippen LogP contribution < -0.4 is 11.1 Å². The molecule has 6 heteroatoms. The number of hydrogen-bond acceptors (Lipinski definition) is 3. The molecule has 5 nitrogen and oxygen atoms in total. The van der Waals surface area contributed by atoms with Gasteiger partial charge >= 0.3 is 0 Å². The third-order valence-corrected chi connectivity index (χ3v) is 2.94. The summed E-state index contributed by atoms with van der Waals surface area (Å²) >= 11 is 0. The van der Waals surface area contributed by atoms with Gasteiger partial charge in [-0.3, -0.25) is 0 Å². The first-order valence-corrected chi connectivity index (χ1v) is 6.56. The van der Waals surface area contributed by atoms with E-state index in [1.54, 1.807) is 12.1 Å². The maximum Gasteiger partial charge on any atom is 0.193 e. The van der Waals surface area contributed by atoms with Crippen LogP contribution in [0.15, 0.2) is 52.1 Å². The molecular formula is C15H20IN3O2. The molecule has 1 heterocycles. The van der Waals surface area contributed by atoms with Crippen LogP contribution in [0.2, 0.25) is 0 Å². The minimum atomic E-state index is -0.784. The fraction of sp³-hybridized carbons (Fsp3) is 0.267. The van der Waals surface area contributed by atoms with Gasteiger partial charge in [0.25, 0.3) is 0 Å². The zero-order valence-corrected chi connectivity index (χ0v) is 14.2. The van der Waals surface area contributed by atoms with Crippen LogP contribution in [-0.4, -0.2) is 17.6 Å². The second-order valence-electron chi connectivity index (χ2n) is 4.43. The molecule has 0 aliphatic carbocycles. The molecule has 21 heavy (non-hydrogen) atoms. The SMILES string of the molecule is CCc1ccc(NC(N)=NCC(O)c2ccco2)cc1.I. The van der Waals surface area contributed by atoms with Crippen LogP contribution >= 0.6 is 24.0 Å². The maximum atomic E-state index is 9.81. The molecule has 0 spiro atoms. The predicted octanol–water partition coefficient (Wildman–Crippen LogP) is 2.92. The lowest BCUT2D eigenvalue weighted by Crippen LogP contribution is -2.23. The van der Waals surface area contributed by atoms with E-state index in [4.69, 9.17) is 10.2 Å². The number of furan rings is 1. The number of guanidine groups is 1. The van der Waals surface area contributed by atoms with Crippen molar-refractivity contribution in [3.63, 3.8) is 0 Å². The van der Waals surface area contributed by atoms with Gasteiger partial charge in [-0.05, 0) is 36.2 Å². The molecule has 0 aliphatic rings. The van der Waals surface area contributed by atoms with Gasteiger partial charge in [-0.15, -0.1) is 24.0 Å². The molecule has 0 radical (unpaired) electrons. The molecule has 0 aliphatic heterocycles. The number of aliphatic hydroxyl groups excluding tert-OH is 1. The summed E-state index contributed by atoms with van der Waals surface area (Å²) in [5.74, 6) is 0.744. The standard InChI is InChI=1S/C15H19N3O2.HI/c1-2-11-5-7-12(8-6-11)18-15(16)17-10-13(19)14-4-3-9-20-14;/h3-9,13,19H,2,10H2,1H3,(H3,16,17,18);1H. The van der Waals surface area contributed by atoms with Crippen molar-refractivity contribution in [2.24, 2.45) is 10.7 Å². The first kappa shape index (κ1) is 17.5. The second-order valence-corrected chi connectivity index (χ2v) is 4.43. The number of halogens is 1. The largest absolute Gasteiger partial charge is 0.467 e. The van der Waals surface area contributed by atoms with Crippen LogP contribution in [0.3, 0.4) is 0 Å². The Kier molecular flexibility index (Phi) is 7.24. The molecule has 0 saturated carbocycles. The van der Waals surface area contributed by atoms with E-state index in [2.05, 4.69) is 17.2 Å². The highest BCUT2D eigenvalue weighted by molar-refractivity contribution is 14.0. The minimum Gasteiger partial charge on any atom is -0.467 e. The van der Waals surface area contributed by atoms with E-state index in [0.717, 1.165) is 12.1 Å². The highest BCUT2D eigenvalue weighted by atomic mass is 127. The quantitative estimate of drug-likeness (QED) is 0.409. The summed E-state index contributed by atoms with van der Waals surface area (Å²) in [6.45, 7) is 2.26. The van der Waals surface area contributed by atoms with Crippen molar-refractivity contribution in [1.29, 1.82) is 0 Å². The molecule has 2 rings (SSSR count). The number of aryl methyl sites for hydroxylation is 1. The van der Waals surface area contributed by atoms with Gasteiger partial charge in [0.15, 0.2) is 5.96 Å². The van der Waals surface area contributed by atoms with Gasteiger partial charge in [0.05, 0.1) is 12.8 Å². The first-order valence-electron chi connectivity index (χ1n) is 6.56. The summed E-state index contributed by atoms with van der Waals surface area (Å²) in [6, 6.07) is 11.4. The lowest BCUT2D eigenvalue weighted by Gasteiger charge is -2.08. The average molecular weight is 401 g/mol. The summed E-state index contributed by atoms with van der Waals surface area (Å²) < 4.78 is 5.09. The number of anilines is 1. The Morgan fingerprint density at radius 3 is 2.62 bits per heavy atom. The molecular weight excluding hydrogens is 381 g/mol. The molecule has 0 amide bonds. The number of aliphatic imine (C=N–C) groups is 1. The van der Waals surface area contributed by atoms with Crippen molar-refractivity contribution in [2.75, 3.05) is 11.9 Å². The van der Waals surface area contributed by atoms with E-state index in [1.165, 1.54) is 11.8 Å². The lowest BCUT2D eigenvalue weighted by molar-refractivity contribution is 0.158. The number of hydrogen-bond donors (Lipinski definition) is 3. The number of nitrogens with zero attached hydrogens (tertiary/aromatic N) is 1. The van der Waals surface area contributed by atoms with E-state index in [-0.39, 0.29) is 36.5 Å². The van der Waals surface area contributed by atoms with Crippen molar-refractivity contribution >= 4 is 35.6 Å². The fourth-order valence-electron chi connectivity index (χ4n) is 1.77. The summed E-state index contributed by atoms with van der Waals surface area (Å²) in [6.07, 6.45) is 1.73. The molecule has 1 aromatic carbocycles. The monoisotopic (exact) mass is 401 g/mol. The van der Waals surface area contributed by atoms with Crippen LogP contribution in [0.4, 0.5) is 5.69 Å². The number of nitrogens with one attached hydrogen (secondary N) is 1. The van der Waals surface area contributed by atoms with Gasteiger partial charge in [0.2, 0.25) is 0 Å². The Morgan fingerprint density at radius 2 is 2.05 bits per heavy atom. The van der Waals surface area contributed by atoms with Gasteiger partial charge < -0.3 is 20.6 Å². The summed E-state index contributed by atoms with van der Waals surface area (Å²) in [5.41, 5.74) is 7.91. The molecule has 4 N–H and O–H groups in total. The van der Waals surface area contributed by atoms with Crippen LogP contribution in [0.1, 0.15) is 24.4 Å². The van der Waals surface area contributed by atoms with Crippen LogP contribution in [0.5, 0.6) is 0 Å². The summed E-state index contributed by atoms with van der Waals surface area (Å²) in [5, 5.41) is 12.8. The van der Waals surface area contributed by atoms with Crippen LogP contribution in [0.25, 0.3) is 0 Å². The van der Waals surface area contributed by atoms with Crippen molar-refractivity contribution in [3.8, 4) is 0 Å². The molecule has 1 unspecified atom stereocenters. The normalized spacial score (nSPS) is 12.6. The number of benzene rings is 1. The Labute approximate surface area is 141 Å². The van der Waals surface area contributed by atoms with E-state index in [9.17, 15) is 5.11 Å². The molecule has 0 saturated heterocycles. The summed E-state index contributed by atoms with van der Waals surface area (Å²) in [4.78, 5) is 4.09. The van der Waals surface area contributed by atoms with Crippen molar-refractivity contribution in [1.82, 2.24) is 0 Å². The number of aliphatic hydroxyl groups is 1. The lowest BCUT2D eigenvalue weighted by atomic mass is 10.1. The van der Waals surface area contributed by atoms with E-state index in [0.29, 0.717) is 5.76 Å². The van der Waals surface area contributed by atoms with Crippen molar-refractivity contribution < 1.29 is 9.52 Å². The third-order valence-electron chi connectivity index (χ3n) is 2.94. The van der Waals surface area contributed by atoms with Gasteiger partial charge in [-0.1, -0.05) is 19.1 Å². The number of nitrogens with two attached hydrogens (primary N) is 1. The predicted molar refractivity (Wildman–Crippen MR) is 95.0 cm³/mol. The van der Waals surface area contributed by atoms with Crippen LogP contribution in [-0.2, 0) is 6.42 Å². The zero-order valence-electron chi connectivity index (χ0n) is 11.8. The fourth-order valence-corrected chi connectivity index (χ4v) is 1.77. The first-order chi connectivity index (χ1) is 9.69. The molecule has 1 aromatic heterocycles. The maximum absolute atomic E-state index is 9.81. The minimum absolute atomic E-state index is 0. The highest BCUT2D eigenvalue weighted by Gasteiger charge is 2.09. The Balaban J connectivity index is 0.00000220. The number of rotatable bonds is 5. The third kappa shape index (κ3) is 5.39. The highest BCUT2D eigenvalue weighted by Crippen LogP contribution is 2.13. The Morgan fingerprint density at radius 1 is 1.33 bits per heavy atom. The van der Waals surface area contributed by atoms with E-state index >= 15 is 0 Å². The molecule has 1 atom stereocenters.